The van der Waals surface area contributed by atoms with Crippen LogP contribution in [-0.4, -0.2) is 42.5 Å². The number of hydrogen-bond acceptors (Lipinski definition) is 7. The number of hydrogen-bond donors (Lipinski definition) is 1. The van der Waals surface area contributed by atoms with Crippen molar-refractivity contribution in [3.63, 3.8) is 0 Å². The Morgan fingerprint density at radius 2 is 1.97 bits per heavy atom. The third kappa shape index (κ3) is 3.77. The number of nitrogens with one attached hydrogen (secondary N) is 1. The molecule has 0 aromatic heterocycles. The fourth-order valence-corrected chi connectivity index (χ4v) is 5.85. The van der Waals surface area contributed by atoms with Gasteiger partial charge in [-0.25, -0.2) is 0 Å². The van der Waals surface area contributed by atoms with Crippen molar-refractivity contribution in [2.45, 2.75) is 24.1 Å². The molecule has 0 saturated carbocycles. The second-order valence-corrected chi connectivity index (χ2v) is 9.48. The standard InChI is InChI=1S/C27H23ClN4O5/c1-31-14-19(25(32(34)35)27(31)20-9-5-6-10-22(20)30-26(27)33)18-11-21(28)24(23(12-18)36-2)37-15-17-8-4-3-7-16(17)13-29/h3-12,19,25H,14-15H2,1-2H3,(H,30,33)/t19-,25+,27-/m0/s1. The van der Waals surface area contributed by atoms with Crippen LogP contribution in [0.15, 0.2) is 60.7 Å². The predicted molar refractivity (Wildman–Crippen MR) is 136 cm³/mol. The number of carbonyl (C=O) groups excluding carboxylic acids is 1. The molecular weight excluding hydrogens is 496 g/mol. The van der Waals surface area contributed by atoms with Crippen LogP contribution >= 0.6 is 11.6 Å². The molecule has 0 bridgehead atoms. The minimum absolute atomic E-state index is 0.0862. The number of fused-ring (bicyclic) bond motifs is 2. The lowest BCUT2D eigenvalue weighted by molar-refractivity contribution is -0.534. The minimum Gasteiger partial charge on any atom is -0.493 e. The van der Waals surface area contributed by atoms with Gasteiger partial charge in [0.05, 0.1) is 29.7 Å². The lowest BCUT2D eigenvalue weighted by atomic mass is 9.79. The predicted octanol–water partition coefficient (Wildman–Crippen LogP) is 4.32. The normalized spacial score (nSPS) is 22.4. The number of nitro groups is 1. The van der Waals surface area contributed by atoms with Gasteiger partial charge in [-0.05, 0) is 36.9 Å². The number of likely N-dealkylation sites (N-methyl/N-ethyl adjacent to an activating group) is 1. The fourth-order valence-electron chi connectivity index (χ4n) is 5.58. The molecule has 37 heavy (non-hydrogen) atoms. The summed E-state index contributed by atoms with van der Waals surface area (Å²) in [5, 5.41) is 24.9. The highest BCUT2D eigenvalue weighted by Crippen LogP contribution is 2.53. The van der Waals surface area contributed by atoms with Gasteiger partial charge in [0.15, 0.2) is 17.0 Å². The van der Waals surface area contributed by atoms with Gasteiger partial charge in [0.2, 0.25) is 0 Å². The quantitative estimate of drug-likeness (QED) is 0.381. The van der Waals surface area contributed by atoms with Crippen LogP contribution in [-0.2, 0) is 16.9 Å². The Morgan fingerprint density at radius 3 is 2.70 bits per heavy atom. The number of benzene rings is 3. The highest BCUT2D eigenvalue weighted by atomic mass is 35.5. The van der Waals surface area contributed by atoms with E-state index in [0.717, 1.165) is 0 Å². The molecule has 2 heterocycles. The zero-order chi connectivity index (χ0) is 26.3. The monoisotopic (exact) mass is 518 g/mol. The highest BCUT2D eigenvalue weighted by molar-refractivity contribution is 6.32. The van der Waals surface area contributed by atoms with Crippen molar-refractivity contribution in [2.24, 2.45) is 0 Å². The van der Waals surface area contributed by atoms with Gasteiger partial charge in [-0.3, -0.25) is 19.8 Å². The van der Waals surface area contributed by atoms with E-state index in [1.54, 1.807) is 66.5 Å². The molecule has 188 valence electrons. The van der Waals surface area contributed by atoms with Crippen LogP contribution in [0.4, 0.5) is 5.69 Å². The molecular formula is C27H23ClN4O5. The van der Waals surface area contributed by atoms with E-state index in [9.17, 15) is 20.2 Å². The second kappa shape index (κ2) is 9.39. The first-order chi connectivity index (χ1) is 17.8. The topological polar surface area (TPSA) is 118 Å². The van der Waals surface area contributed by atoms with Crippen LogP contribution in [0.25, 0.3) is 0 Å². The number of amides is 1. The summed E-state index contributed by atoms with van der Waals surface area (Å²) in [5.74, 6) is -0.506. The van der Waals surface area contributed by atoms with Crippen LogP contribution < -0.4 is 14.8 Å². The highest BCUT2D eigenvalue weighted by Gasteiger charge is 2.68. The summed E-state index contributed by atoms with van der Waals surface area (Å²) in [7, 11) is 3.18. The molecule has 2 aliphatic heterocycles. The average Bonchev–Trinajstić information content (AvgIpc) is 3.37. The van der Waals surface area contributed by atoms with E-state index in [-0.39, 0.29) is 28.8 Å². The summed E-state index contributed by atoms with van der Waals surface area (Å²) in [4.78, 5) is 27.3. The van der Waals surface area contributed by atoms with E-state index in [0.29, 0.717) is 33.7 Å². The zero-order valence-electron chi connectivity index (χ0n) is 20.1. The first kappa shape index (κ1) is 24.6. The van der Waals surface area contributed by atoms with Crippen LogP contribution in [0.3, 0.4) is 0 Å². The Labute approximate surface area is 218 Å². The number of nitrogens with zero attached hydrogens (tertiary/aromatic N) is 3. The lowest BCUT2D eigenvalue weighted by Crippen LogP contribution is -2.54. The van der Waals surface area contributed by atoms with Crippen molar-refractivity contribution in [3.05, 3.63) is 98.1 Å². The number of likely N-dealkylation sites (tertiary alicyclic amines) is 1. The van der Waals surface area contributed by atoms with E-state index in [2.05, 4.69) is 11.4 Å². The van der Waals surface area contributed by atoms with Gasteiger partial charge < -0.3 is 14.8 Å². The van der Waals surface area contributed by atoms with Crippen molar-refractivity contribution in [1.29, 1.82) is 5.26 Å². The molecule has 1 spiro atoms. The summed E-state index contributed by atoms with van der Waals surface area (Å²) >= 11 is 6.62. The number of rotatable bonds is 6. The molecule has 5 rings (SSSR count). The maximum atomic E-state index is 13.3. The Morgan fingerprint density at radius 1 is 1.24 bits per heavy atom. The number of para-hydroxylation sites is 1. The van der Waals surface area contributed by atoms with Gasteiger partial charge >= 0.3 is 0 Å². The molecule has 10 heteroatoms. The van der Waals surface area contributed by atoms with Crippen LogP contribution in [0.5, 0.6) is 11.5 Å². The molecule has 0 aliphatic carbocycles. The summed E-state index contributed by atoms with van der Waals surface area (Å²) in [5.41, 5.74) is 1.43. The van der Waals surface area contributed by atoms with Crippen LogP contribution in [0.2, 0.25) is 5.02 Å². The number of ether oxygens (including phenoxy) is 2. The van der Waals surface area contributed by atoms with Crippen molar-refractivity contribution in [3.8, 4) is 17.6 Å². The molecule has 1 N–H and O–H groups in total. The molecule has 1 amide bonds. The van der Waals surface area contributed by atoms with Gasteiger partial charge in [-0.2, -0.15) is 5.26 Å². The largest absolute Gasteiger partial charge is 0.493 e. The van der Waals surface area contributed by atoms with Crippen molar-refractivity contribution in [1.82, 2.24) is 4.90 Å². The molecule has 1 fully saturated rings. The Balaban J connectivity index is 1.53. The van der Waals surface area contributed by atoms with E-state index < -0.39 is 23.4 Å². The van der Waals surface area contributed by atoms with E-state index in [1.807, 2.05) is 6.07 Å². The molecule has 3 aromatic rings. The Kier molecular flexibility index (Phi) is 6.23. The van der Waals surface area contributed by atoms with Crippen molar-refractivity contribution < 1.29 is 19.2 Å². The van der Waals surface area contributed by atoms with E-state index in [1.165, 1.54) is 7.11 Å². The van der Waals surface area contributed by atoms with Crippen molar-refractivity contribution in [2.75, 3.05) is 26.0 Å². The van der Waals surface area contributed by atoms with Gasteiger partial charge in [0.1, 0.15) is 6.61 Å². The van der Waals surface area contributed by atoms with Crippen LogP contribution in [0, 0.1) is 21.4 Å². The smallest absolute Gasteiger partial charge is 0.256 e. The Hall–Kier alpha value is -4.13. The fraction of sp³-hybridized carbons (Fsp3) is 0.259. The van der Waals surface area contributed by atoms with Gasteiger partial charge in [0, 0.05) is 28.3 Å². The second-order valence-electron chi connectivity index (χ2n) is 9.08. The number of methoxy groups -OCH3 is 1. The summed E-state index contributed by atoms with van der Waals surface area (Å²) in [6.07, 6.45) is 0. The molecule has 2 aliphatic rings. The minimum atomic E-state index is -1.46. The number of nitriles is 1. The maximum absolute atomic E-state index is 13.3. The average molecular weight is 519 g/mol. The first-order valence-corrected chi connectivity index (χ1v) is 11.9. The molecule has 3 aromatic carbocycles. The third-order valence-electron chi connectivity index (χ3n) is 7.23. The summed E-state index contributed by atoms with van der Waals surface area (Å²) < 4.78 is 11.5. The van der Waals surface area contributed by atoms with E-state index in [4.69, 9.17) is 21.1 Å². The molecule has 0 unspecified atom stereocenters. The zero-order valence-corrected chi connectivity index (χ0v) is 20.9. The lowest BCUT2D eigenvalue weighted by Gasteiger charge is -2.30. The van der Waals surface area contributed by atoms with Gasteiger partial charge in [-0.15, -0.1) is 0 Å². The Bertz CT molecular complexity index is 1450. The summed E-state index contributed by atoms with van der Waals surface area (Å²) in [6, 6.07) is 18.3. The SMILES string of the molecule is COc1cc([C@@H]2CN(C)[C@]3(C(=O)Nc4ccccc43)[C@@H]2[N+](=O)[O-])cc(Cl)c1OCc1ccccc1C#N. The molecule has 3 atom stereocenters. The van der Waals surface area contributed by atoms with Crippen molar-refractivity contribution >= 4 is 23.2 Å². The van der Waals surface area contributed by atoms with Crippen LogP contribution in [0.1, 0.15) is 28.2 Å². The van der Waals surface area contributed by atoms with Gasteiger partial charge in [0.25, 0.3) is 11.9 Å². The first-order valence-electron chi connectivity index (χ1n) is 11.6. The molecule has 9 nitrogen and oxygen atoms in total. The maximum Gasteiger partial charge on any atom is 0.256 e. The van der Waals surface area contributed by atoms with E-state index >= 15 is 0 Å². The number of halogens is 1. The van der Waals surface area contributed by atoms with Gasteiger partial charge in [-0.1, -0.05) is 48.0 Å². The summed E-state index contributed by atoms with van der Waals surface area (Å²) in [6.45, 7) is 0.339. The molecule has 0 radical (unpaired) electrons. The third-order valence-corrected chi connectivity index (χ3v) is 7.51. The number of carbonyl (C=O) groups is 1. The molecule has 1 saturated heterocycles. The number of anilines is 1.